The molecule has 0 aliphatic carbocycles. The number of para-hydroxylation sites is 1. The molecular formula is C21H26N2O4. The number of hydroxylamine groups is 1. The van der Waals surface area contributed by atoms with Gasteiger partial charge in [0, 0.05) is 0 Å². The van der Waals surface area contributed by atoms with Crippen LogP contribution in [0.4, 0.5) is 10.5 Å². The lowest BCUT2D eigenvalue weighted by Gasteiger charge is -2.26. The Hall–Kier alpha value is -2.86. The lowest BCUT2D eigenvalue weighted by molar-refractivity contribution is -0.128. The number of carbonyl (C=O) groups excluding carboxylic acids is 2. The van der Waals surface area contributed by atoms with Crippen molar-refractivity contribution in [3.8, 4) is 0 Å². The number of anilines is 1. The Balaban J connectivity index is 2.09. The summed E-state index contributed by atoms with van der Waals surface area (Å²) in [5.74, 6) is -0.400. The molecule has 0 spiro atoms. The van der Waals surface area contributed by atoms with Gasteiger partial charge < -0.3 is 10.1 Å². The molecule has 6 nitrogen and oxygen atoms in total. The van der Waals surface area contributed by atoms with Crippen LogP contribution in [0.25, 0.3) is 0 Å². The van der Waals surface area contributed by atoms with E-state index in [9.17, 15) is 9.59 Å². The Morgan fingerprint density at radius 3 is 2.11 bits per heavy atom. The van der Waals surface area contributed by atoms with Gasteiger partial charge in [-0.1, -0.05) is 48.5 Å². The minimum Gasteiger partial charge on any atom is -0.444 e. The zero-order valence-electron chi connectivity index (χ0n) is 16.1. The molecule has 0 fully saturated rings. The Kier molecular flexibility index (Phi) is 6.96. The normalized spacial score (nSPS) is 12.1. The van der Waals surface area contributed by atoms with E-state index in [1.807, 2.05) is 48.5 Å². The molecule has 2 aromatic rings. The first-order chi connectivity index (χ1) is 12.8. The first kappa shape index (κ1) is 20.5. The van der Waals surface area contributed by atoms with Gasteiger partial charge in [-0.05, 0) is 45.4 Å². The summed E-state index contributed by atoms with van der Waals surface area (Å²) in [7, 11) is 0. The van der Waals surface area contributed by atoms with Gasteiger partial charge in [-0.15, -0.1) is 0 Å². The van der Waals surface area contributed by atoms with Crippen LogP contribution in [-0.2, 0) is 21.0 Å². The molecule has 0 heterocycles. The van der Waals surface area contributed by atoms with Crippen LogP contribution in [0.5, 0.6) is 0 Å². The summed E-state index contributed by atoms with van der Waals surface area (Å²) >= 11 is 0. The molecule has 0 aromatic heterocycles. The molecule has 144 valence electrons. The highest BCUT2D eigenvalue weighted by molar-refractivity contribution is 5.96. The first-order valence-electron chi connectivity index (χ1n) is 8.81. The fourth-order valence-corrected chi connectivity index (χ4v) is 2.26. The zero-order valence-corrected chi connectivity index (χ0v) is 16.1. The Morgan fingerprint density at radius 2 is 1.56 bits per heavy atom. The number of nitrogens with zero attached hydrogens (tertiary/aromatic N) is 1. The molecule has 0 aliphatic rings. The number of benzene rings is 2. The van der Waals surface area contributed by atoms with Crippen LogP contribution in [0, 0.1) is 0 Å². The number of alkyl carbamates (subject to hydrolysis) is 1. The number of nitrogens with one attached hydrogen (secondary N) is 1. The summed E-state index contributed by atoms with van der Waals surface area (Å²) in [6, 6.07) is 17.7. The van der Waals surface area contributed by atoms with Crippen LogP contribution < -0.4 is 10.4 Å². The van der Waals surface area contributed by atoms with E-state index in [0.717, 1.165) is 5.56 Å². The van der Waals surface area contributed by atoms with E-state index in [0.29, 0.717) is 5.69 Å². The van der Waals surface area contributed by atoms with Crippen LogP contribution in [-0.4, -0.2) is 23.6 Å². The lowest BCUT2D eigenvalue weighted by Crippen LogP contribution is -2.48. The summed E-state index contributed by atoms with van der Waals surface area (Å²) in [6.45, 7) is 7.10. The average Bonchev–Trinajstić information content (AvgIpc) is 2.61. The third-order valence-corrected chi connectivity index (χ3v) is 3.50. The van der Waals surface area contributed by atoms with Crippen LogP contribution in [0.2, 0.25) is 0 Å². The van der Waals surface area contributed by atoms with Crippen molar-refractivity contribution in [3.05, 3.63) is 66.2 Å². The maximum Gasteiger partial charge on any atom is 0.408 e. The van der Waals surface area contributed by atoms with Crippen molar-refractivity contribution in [2.24, 2.45) is 0 Å². The number of ether oxygens (including phenoxy) is 1. The summed E-state index contributed by atoms with van der Waals surface area (Å²) in [6.07, 6.45) is -0.653. The second-order valence-corrected chi connectivity index (χ2v) is 7.10. The average molecular weight is 370 g/mol. The van der Waals surface area contributed by atoms with Crippen LogP contribution in [0.3, 0.4) is 0 Å². The minimum absolute atomic E-state index is 0.223. The number of amides is 2. The lowest BCUT2D eigenvalue weighted by atomic mass is 10.2. The Morgan fingerprint density at radius 1 is 1.00 bits per heavy atom. The zero-order chi connectivity index (χ0) is 19.9. The molecule has 0 aliphatic heterocycles. The molecule has 6 heteroatoms. The number of carbonyl (C=O) groups is 2. The van der Waals surface area contributed by atoms with Crippen molar-refractivity contribution in [1.29, 1.82) is 0 Å². The standard InChI is InChI=1S/C21H26N2O4/c1-16(22-20(25)27-21(2,3)4)19(24)23(18-13-9-6-10-14-18)26-15-17-11-7-5-8-12-17/h5-14,16H,15H2,1-4H3,(H,22,25). The Bertz CT molecular complexity index is 742. The van der Waals surface area contributed by atoms with Crippen molar-refractivity contribution in [2.75, 3.05) is 5.06 Å². The molecular weight excluding hydrogens is 344 g/mol. The van der Waals surface area contributed by atoms with Gasteiger partial charge >= 0.3 is 6.09 Å². The van der Waals surface area contributed by atoms with Crippen molar-refractivity contribution in [3.63, 3.8) is 0 Å². The first-order valence-corrected chi connectivity index (χ1v) is 8.81. The monoisotopic (exact) mass is 370 g/mol. The highest BCUT2D eigenvalue weighted by Gasteiger charge is 2.26. The van der Waals surface area contributed by atoms with Gasteiger partial charge in [0.2, 0.25) is 0 Å². The topological polar surface area (TPSA) is 67.9 Å². The van der Waals surface area contributed by atoms with Crippen LogP contribution in [0.1, 0.15) is 33.3 Å². The van der Waals surface area contributed by atoms with Crippen LogP contribution >= 0.6 is 0 Å². The van der Waals surface area contributed by atoms with E-state index < -0.39 is 23.6 Å². The summed E-state index contributed by atoms with van der Waals surface area (Å²) in [4.78, 5) is 30.6. The van der Waals surface area contributed by atoms with Gasteiger partial charge in [-0.2, -0.15) is 5.06 Å². The Labute approximate surface area is 160 Å². The second-order valence-electron chi connectivity index (χ2n) is 7.10. The molecule has 2 rings (SSSR count). The molecule has 27 heavy (non-hydrogen) atoms. The van der Waals surface area contributed by atoms with Crippen LogP contribution in [0.15, 0.2) is 60.7 Å². The number of hydrogen-bond donors (Lipinski definition) is 1. The summed E-state index contributed by atoms with van der Waals surface area (Å²) < 4.78 is 5.21. The molecule has 1 atom stereocenters. The van der Waals surface area contributed by atoms with E-state index in [-0.39, 0.29) is 6.61 Å². The largest absolute Gasteiger partial charge is 0.444 e. The highest BCUT2D eigenvalue weighted by atomic mass is 16.7. The van der Waals surface area contributed by atoms with Gasteiger partial charge in [-0.3, -0.25) is 9.63 Å². The molecule has 2 aromatic carbocycles. The summed E-state index contributed by atoms with van der Waals surface area (Å²) in [5.41, 5.74) is 0.866. The fraction of sp³-hybridized carbons (Fsp3) is 0.333. The third-order valence-electron chi connectivity index (χ3n) is 3.50. The number of hydrogen-bond acceptors (Lipinski definition) is 4. The van der Waals surface area contributed by atoms with Crippen molar-refractivity contribution in [2.45, 2.75) is 45.9 Å². The summed E-state index contributed by atoms with van der Waals surface area (Å²) in [5, 5.41) is 3.76. The molecule has 1 N–H and O–H groups in total. The van der Waals surface area contributed by atoms with Crippen molar-refractivity contribution >= 4 is 17.7 Å². The van der Waals surface area contributed by atoms with E-state index in [2.05, 4.69) is 5.32 Å². The molecule has 0 bridgehead atoms. The molecule has 0 radical (unpaired) electrons. The fourth-order valence-electron chi connectivity index (χ4n) is 2.26. The maximum atomic E-state index is 12.9. The molecule has 0 saturated carbocycles. The third kappa shape index (κ3) is 6.75. The maximum absolute atomic E-state index is 12.9. The van der Waals surface area contributed by atoms with E-state index in [4.69, 9.17) is 9.57 Å². The smallest absolute Gasteiger partial charge is 0.408 e. The quantitative estimate of drug-likeness (QED) is 0.779. The van der Waals surface area contributed by atoms with Gasteiger partial charge in [0.1, 0.15) is 18.2 Å². The predicted octanol–water partition coefficient (Wildman–Crippen LogP) is 4.06. The van der Waals surface area contributed by atoms with E-state index >= 15 is 0 Å². The predicted molar refractivity (Wildman–Crippen MR) is 104 cm³/mol. The minimum atomic E-state index is -0.823. The van der Waals surface area contributed by atoms with Gasteiger partial charge in [0.25, 0.3) is 5.91 Å². The van der Waals surface area contributed by atoms with Gasteiger partial charge in [-0.25, -0.2) is 4.79 Å². The molecule has 2 amide bonds. The molecule has 0 saturated heterocycles. The number of rotatable bonds is 6. The molecule has 1 unspecified atom stereocenters. The van der Waals surface area contributed by atoms with Crippen molar-refractivity contribution in [1.82, 2.24) is 5.32 Å². The van der Waals surface area contributed by atoms with E-state index in [1.165, 1.54) is 5.06 Å². The van der Waals surface area contributed by atoms with Gasteiger partial charge in [0.05, 0.1) is 5.69 Å². The SMILES string of the molecule is CC(NC(=O)OC(C)(C)C)C(=O)N(OCc1ccccc1)c1ccccc1. The van der Waals surface area contributed by atoms with Gasteiger partial charge in [0.15, 0.2) is 0 Å². The second kappa shape index (κ2) is 9.19. The van der Waals surface area contributed by atoms with Crippen molar-refractivity contribution < 1.29 is 19.2 Å². The van der Waals surface area contributed by atoms with E-state index in [1.54, 1.807) is 39.8 Å². The highest BCUT2D eigenvalue weighted by Crippen LogP contribution is 2.17.